The summed E-state index contributed by atoms with van der Waals surface area (Å²) in [6.07, 6.45) is 3.69. The molecule has 0 amide bonds. The van der Waals surface area contributed by atoms with E-state index in [4.69, 9.17) is 4.74 Å². The number of nitrogens with one attached hydrogen (secondary N) is 1. The van der Waals surface area contributed by atoms with Gasteiger partial charge in [-0.25, -0.2) is 0 Å². The summed E-state index contributed by atoms with van der Waals surface area (Å²) in [6, 6.07) is 0.660. The molecule has 0 aliphatic carbocycles. The lowest BCUT2D eigenvalue weighted by atomic mass is 10.1. The molecular formula is C15H34N2O. The van der Waals surface area contributed by atoms with Gasteiger partial charge in [0.25, 0.3) is 0 Å². The lowest BCUT2D eigenvalue weighted by molar-refractivity contribution is 0.125. The molecule has 0 rings (SSSR count). The van der Waals surface area contributed by atoms with Crippen LogP contribution in [0, 0.1) is 5.92 Å². The van der Waals surface area contributed by atoms with Crippen LogP contribution in [0.15, 0.2) is 0 Å². The first-order valence-corrected chi connectivity index (χ1v) is 7.52. The molecule has 0 radical (unpaired) electrons. The molecular weight excluding hydrogens is 224 g/mol. The average molecular weight is 258 g/mol. The molecule has 0 aromatic rings. The van der Waals surface area contributed by atoms with Crippen LogP contribution in [0.5, 0.6) is 0 Å². The predicted octanol–water partition coefficient (Wildman–Crippen LogP) is 2.76. The summed E-state index contributed by atoms with van der Waals surface area (Å²) in [5.74, 6) is 0.746. The van der Waals surface area contributed by atoms with Crippen LogP contribution in [0.25, 0.3) is 0 Å². The van der Waals surface area contributed by atoms with Crippen molar-refractivity contribution in [2.75, 3.05) is 39.9 Å². The third kappa shape index (κ3) is 12.3. The minimum absolute atomic E-state index is 0.660. The van der Waals surface area contributed by atoms with Gasteiger partial charge < -0.3 is 15.0 Å². The number of hydrogen-bond donors (Lipinski definition) is 1. The standard InChI is InChI=1S/C15H34N2O/c1-14(2)8-12-18-13-10-16-9-6-7-11-17(5)15(3)4/h14-16H,6-13H2,1-5H3. The molecule has 0 aromatic carbocycles. The Hall–Kier alpha value is -0.120. The van der Waals surface area contributed by atoms with E-state index in [2.05, 4.69) is 45.0 Å². The molecule has 0 atom stereocenters. The molecule has 1 N–H and O–H groups in total. The van der Waals surface area contributed by atoms with E-state index in [-0.39, 0.29) is 0 Å². The van der Waals surface area contributed by atoms with Gasteiger partial charge in [0.1, 0.15) is 0 Å². The molecule has 0 aromatic heterocycles. The normalized spacial score (nSPS) is 12.0. The van der Waals surface area contributed by atoms with Gasteiger partial charge in [0, 0.05) is 19.2 Å². The van der Waals surface area contributed by atoms with Crippen molar-refractivity contribution < 1.29 is 4.74 Å². The summed E-state index contributed by atoms with van der Waals surface area (Å²) in [6.45, 7) is 14.0. The van der Waals surface area contributed by atoms with E-state index in [1.165, 1.54) is 25.8 Å². The summed E-state index contributed by atoms with van der Waals surface area (Å²) >= 11 is 0. The third-order valence-electron chi connectivity index (χ3n) is 3.26. The zero-order valence-electron chi connectivity index (χ0n) is 13.2. The van der Waals surface area contributed by atoms with Crippen LogP contribution in [0.1, 0.15) is 47.0 Å². The van der Waals surface area contributed by atoms with Crippen molar-refractivity contribution in [3.8, 4) is 0 Å². The molecule has 0 spiro atoms. The first-order valence-electron chi connectivity index (χ1n) is 7.52. The fourth-order valence-electron chi connectivity index (χ4n) is 1.56. The van der Waals surface area contributed by atoms with Crippen molar-refractivity contribution in [3.63, 3.8) is 0 Å². The molecule has 3 nitrogen and oxygen atoms in total. The number of ether oxygens (including phenoxy) is 1. The van der Waals surface area contributed by atoms with Crippen molar-refractivity contribution in [3.05, 3.63) is 0 Å². The van der Waals surface area contributed by atoms with Crippen LogP contribution in [0.2, 0.25) is 0 Å². The van der Waals surface area contributed by atoms with Crippen molar-refractivity contribution in [1.82, 2.24) is 10.2 Å². The van der Waals surface area contributed by atoms with Gasteiger partial charge in [-0.3, -0.25) is 0 Å². The van der Waals surface area contributed by atoms with Gasteiger partial charge in [-0.2, -0.15) is 0 Å². The van der Waals surface area contributed by atoms with E-state index in [1.807, 2.05) is 0 Å². The maximum absolute atomic E-state index is 5.55. The van der Waals surface area contributed by atoms with Gasteiger partial charge in [0.05, 0.1) is 6.61 Å². The Morgan fingerprint density at radius 3 is 2.33 bits per heavy atom. The van der Waals surface area contributed by atoms with Crippen LogP contribution in [0.4, 0.5) is 0 Å². The van der Waals surface area contributed by atoms with Crippen molar-refractivity contribution in [2.24, 2.45) is 5.92 Å². The minimum atomic E-state index is 0.660. The molecule has 3 heteroatoms. The van der Waals surface area contributed by atoms with E-state index < -0.39 is 0 Å². The van der Waals surface area contributed by atoms with Gasteiger partial charge in [-0.1, -0.05) is 13.8 Å². The van der Waals surface area contributed by atoms with E-state index in [9.17, 15) is 0 Å². The molecule has 0 heterocycles. The van der Waals surface area contributed by atoms with Gasteiger partial charge in [0.15, 0.2) is 0 Å². The van der Waals surface area contributed by atoms with E-state index in [0.717, 1.165) is 32.2 Å². The summed E-state index contributed by atoms with van der Waals surface area (Å²) in [4.78, 5) is 2.40. The molecule has 0 aliphatic rings. The molecule has 18 heavy (non-hydrogen) atoms. The molecule has 0 saturated carbocycles. The second-order valence-electron chi connectivity index (χ2n) is 5.83. The average Bonchev–Trinajstić information content (AvgIpc) is 2.30. The number of rotatable bonds is 12. The Labute approximate surface area is 114 Å². The lowest BCUT2D eigenvalue weighted by Crippen LogP contribution is -2.28. The van der Waals surface area contributed by atoms with Crippen molar-refractivity contribution in [1.29, 1.82) is 0 Å². The lowest BCUT2D eigenvalue weighted by Gasteiger charge is -2.20. The van der Waals surface area contributed by atoms with Crippen molar-refractivity contribution in [2.45, 2.75) is 53.0 Å². The van der Waals surface area contributed by atoms with Crippen LogP contribution < -0.4 is 5.32 Å². The fraction of sp³-hybridized carbons (Fsp3) is 1.00. The van der Waals surface area contributed by atoms with Crippen LogP contribution in [-0.4, -0.2) is 50.8 Å². The zero-order chi connectivity index (χ0) is 13.8. The molecule has 0 saturated heterocycles. The summed E-state index contributed by atoms with van der Waals surface area (Å²) in [5, 5.41) is 3.43. The second kappa shape index (κ2) is 11.9. The Balaban J connectivity index is 3.08. The topological polar surface area (TPSA) is 24.5 Å². The highest BCUT2D eigenvalue weighted by Gasteiger charge is 2.01. The van der Waals surface area contributed by atoms with Gasteiger partial charge in [-0.15, -0.1) is 0 Å². The highest BCUT2D eigenvalue weighted by molar-refractivity contribution is 4.57. The van der Waals surface area contributed by atoms with Gasteiger partial charge in [-0.05, 0) is 59.2 Å². The van der Waals surface area contributed by atoms with Gasteiger partial charge >= 0.3 is 0 Å². The minimum Gasteiger partial charge on any atom is -0.380 e. The molecule has 0 bridgehead atoms. The maximum atomic E-state index is 5.55. The fourth-order valence-corrected chi connectivity index (χ4v) is 1.56. The first-order chi connectivity index (χ1) is 8.54. The van der Waals surface area contributed by atoms with E-state index in [0.29, 0.717) is 6.04 Å². The molecule has 110 valence electrons. The van der Waals surface area contributed by atoms with E-state index in [1.54, 1.807) is 0 Å². The highest BCUT2D eigenvalue weighted by atomic mass is 16.5. The SMILES string of the molecule is CC(C)CCOCCNCCCCN(C)C(C)C. The smallest absolute Gasteiger partial charge is 0.0590 e. The van der Waals surface area contributed by atoms with Crippen LogP contribution in [0.3, 0.4) is 0 Å². The number of hydrogen-bond acceptors (Lipinski definition) is 3. The Kier molecular flexibility index (Phi) is 11.9. The number of unbranched alkanes of at least 4 members (excludes halogenated alkanes) is 1. The van der Waals surface area contributed by atoms with E-state index >= 15 is 0 Å². The Morgan fingerprint density at radius 1 is 1.00 bits per heavy atom. The summed E-state index contributed by atoms with van der Waals surface area (Å²) in [7, 11) is 2.20. The summed E-state index contributed by atoms with van der Waals surface area (Å²) in [5.41, 5.74) is 0. The molecule has 0 aliphatic heterocycles. The summed E-state index contributed by atoms with van der Waals surface area (Å²) < 4.78 is 5.55. The third-order valence-corrected chi connectivity index (χ3v) is 3.26. The first kappa shape index (κ1) is 17.9. The zero-order valence-corrected chi connectivity index (χ0v) is 13.2. The quantitative estimate of drug-likeness (QED) is 0.545. The Bertz CT molecular complexity index is 172. The monoisotopic (exact) mass is 258 g/mol. The number of nitrogens with zero attached hydrogens (tertiary/aromatic N) is 1. The molecule has 0 fully saturated rings. The predicted molar refractivity (Wildman–Crippen MR) is 80.1 cm³/mol. The highest BCUT2D eigenvalue weighted by Crippen LogP contribution is 1.98. The second-order valence-corrected chi connectivity index (χ2v) is 5.83. The van der Waals surface area contributed by atoms with Crippen molar-refractivity contribution >= 4 is 0 Å². The largest absolute Gasteiger partial charge is 0.380 e. The Morgan fingerprint density at radius 2 is 1.72 bits per heavy atom. The van der Waals surface area contributed by atoms with Crippen LogP contribution >= 0.6 is 0 Å². The maximum Gasteiger partial charge on any atom is 0.0590 e. The van der Waals surface area contributed by atoms with Gasteiger partial charge in [0.2, 0.25) is 0 Å². The molecule has 0 unspecified atom stereocenters. The van der Waals surface area contributed by atoms with Crippen LogP contribution in [-0.2, 0) is 4.74 Å².